The molecule has 0 aliphatic carbocycles. The van der Waals surface area contributed by atoms with Gasteiger partial charge in [-0.05, 0) is 38.0 Å². The van der Waals surface area contributed by atoms with E-state index in [-0.39, 0.29) is 5.24 Å². The van der Waals surface area contributed by atoms with Crippen LogP contribution in [-0.2, 0) is 6.42 Å². The molecule has 0 bridgehead atoms. The number of aryl methyl sites for hydroxylation is 1. The SMILES string of the molecule is CCN(CC)C(=O)SCCc1ccc(Cl)cc1. The molecule has 0 saturated carbocycles. The first-order valence-corrected chi connectivity index (χ1v) is 7.19. The van der Waals surface area contributed by atoms with Crippen LogP contribution in [0.5, 0.6) is 0 Å². The van der Waals surface area contributed by atoms with Crippen LogP contribution in [0.15, 0.2) is 24.3 Å². The molecule has 0 fully saturated rings. The van der Waals surface area contributed by atoms with Gasteiger partial charge in [0.25, 0.3) is 5.24 Å². The first-order chi connectivity index (χ1) is 8.17. The van der Waals surface area contributed by atoms with E-state index in [2.05, 4.69) is 0 Å². The number of carbonyl (C=O) groups excluding carboxylic acids is 1. The summed E-state index contributed by atoms with van der Waals surface area (Å²) in [5.41, 5.74) is 1.22. The normalized spacial score (nSPS) is 10.3. The minimum atomic E-state index is 0.170. The molecule has 2 nitrogen and oxygen atoms in total. The number of hydrogen-bond donors (Lipinski definition) is 0. The van der Waals surface area contributed by atoms with E-state index >= 15 is 0 Å². The first-order valence-electron chi connectivity index (χ1n) is 5.83. The van der Waals surface area contributed by atoms with Crippen molar-refractivity contribution in [2.24, 2.45) is 0 Å². The molecule has 1 aromatic carbocycles. The molecular weight excluding hydrogens is 254 g/mol. The van der Waals surface area contributed by atoms with Gasteiger partial charge in [-0.3, -0.25) is 4.79 Å². The van der Waals surface area contributed by atoms with Gasteiger partial charge < -0.3 is 4.90 Å². The van der Waals surface area contributed by atoms with Crippen LogP contribution >= 0.6 is 23.4 Å². The lowest BCUT2D eigenvalue weighted by Gasteiger charge is -2.17. The molecule has 0 aliphatic heterocycles. The fraction of sp³-hybridized carbons (Fsp3) is 0.462. The highest BCUT2D eigenvalue weighted by atomic mass is 35.5. The van der Waals surface area contributed by atoms with Crippen molar-refractivity contribution in [2.75, 3.05) is 18.8 Å². The Hall–Kier alpha value is -0.670. The van der Waals surface area contributed by atoms with Gasteiger partial charge >= 0.3 is 0 Å². The second-order valence-electron chi connectivity index (χ2n) is 3.66. The van der Waals surface area contributed by atoms with Gasteiger partial charge in [0.2, 0.25) is 0 Å². The van der Waals surface area contributed by atoms with Crippen LogP contribution in [0.2, 0.25) is 5.02 Å². The second kappa shape index (κ2) is 7.62. The van der Waals surface area contributed by atoms with Crippen LogP contribution in [0.25, 0.3) is 0 Å². The monoisotopic (exact) mass is 271 g/mol. The Morgan fingerprint density at radius 3 is 2.35 bits per heavy atom. The summed E-state index contributed by atoms with van der Waals surface area (Å²) >= 11 is 7.20. The molecule has 0 atom stereocenters. The van der Waals surface area contributed by atoms with Crippen LogP contribution < -0.4 is 0 Å². The van der Waals surface area contributed by atoms with Crippen LogP contribution in [0.1, 0.15) is 19.4 Å². The summed E-state index contributed by atoms with van der Waals surface area (Å²) in [4.78, 5) is 13.6. The second-order valence-corrected chi connectivity index (χ2v) is 5.15. The fourth-order valence-corrected chi connectivity index (χ4v) is 2.56. The Labute approximate surface area is 112 Å². The molecule has 1 rings (SSSR count). The molecule has 94 valence electrons. The Balaban J connectivity index is 2.32. The first kappa shape index (κ1) is 14.4. The van der Waals surface area contributed by atoms with Crippen molar-refractivity contribution in [3.8, 4) is 0 Å². The summed E-state index contributed by atoms with van der Waals surface area (Å²) in [7, 11) is 0. The Morgan fingerprint density at radius 2 is 1.82 bits per heavy atom. The third kappa shape index (κ3) is 5.00. The van der Waals surface area contributed by atoms with Crippen molar-refractivity contribution < 1.29 is 4.79 Å². The predicted octanol–water partition coefficient (Wildman–Crippen LogP) is 4.08. The minimum Gasteiger partial charge on any atom is -0.334 e. The van der Waals surface area contributed by atoms with Gasteiger partial charge in [0.1, 0.15) is 0 Å². The maximum Gasteiger partial charge on any atom is 0.281 e. The molecule has 0 spiro atoms. The van der Waals surface area contributed by atoms with Crippen molar-refractivity contribution in [3.63, 3.8) is 0 Å². The highest BCUT2D eigenvalue weighted by molar-refractivity contribution is 8.13. The number of benzene rings is 1. The lowest BCUT2D eigenvalue weighted by molar-refractivity contribution is 0.228. The van der Waals surface area contributed by atoms with Crippen LogP contribution in [0.3, 0.4) is 0 Å². The van der Waals surface area contributed by atoms with Crippen molar-refractivity contribution >= 4 is 28.6 Å². The Morgan fingerprint density at radius 1 is 1.24 bits per heavy atom. The highest BCUT2D eigenvalue weighted by Crippen LogP contribution is 2.14. The molecule has 1 amide bonds. The van der Waals surface area contributed by atoms with Gasteiger partial charge in [-0.15, -0.1) is 0 Å². The van der Waals surface area contributed by atoms with E-state index in [1.165, 1.54) is 17.3 Å². The summed E-state index contributed by atoms with van der Waals surface area (Å²) in [6.45, 7) is 5.56. The van der Waals surface area contributed by atoms with E-state index in [0.717, 1.165) is 30.3 Å². The highest BCUT2D eigenvalue weighted by Gasteiger charge is 2.09. The molecule has 17 heavy (non-hydrogen) atoms. The number of amides is 1. The zero-order valence-electron chi connectivity index (χ0n) is 10.3. The van der Waals surface area contributed by atoms with Crippen LogP contribution in [0, 0.1) is 0 Å². The van der Waals surface area contributed by atoms with E-state index in [1.54, 1.807) is 0 Å². The largest absolute Gasteiger partial charge is 0.334 e. The predicted molar refractivity (Wildman–Crippen MR) is 75.9 cm³/mol. The summed E-state index contributed by atoms with van der Waals surface area (Å²) in [5, 5.41) is 0.921. The van der Waals surface area contributed by atoms with Gasteiger partial charge in [-0.1, -0.05) is 35.5 Å². The molecule has 0 heterocycles. The van der Waals surface area contributed by atoms with Gasteiger partial charge in [0.15, 0.2) is 0 Å². The van der Waals surface area contributed by atoms with Crippen molar-refractivity contribution in [2.45, 2.75) is 20.3 Å². The average molecular weight is 272 g/mol. The van der Waals surface area contributed by atoms with Crippen molar-refractivity contribution in [1.82, 2.24) is 4.90 Å². The number of halogens is 1. The molecule has 0 unspecified atom stereocenters. The molecule has 4 heteroatoms. The van der Waals surface area contributed by atoms with Crippen LogP contribution in [0.4, 0.5) is 4.79 Å². The third-order valence-electron chi connectivity index (χ3n) is 2.55. The fourth-order valence-electron chi connectivity index (χ4n) is 1.48. The van der Waals surface area contributed by atoms with Gasteiger partial charge in [-0.2, -0.15) is 0 Å². The van der Waals surface area contributed by atoms with E-state index in [1.807, 2.05) is 43.0 Å². The van der Waals surface area contributed by atoms with E-state index in [9.17, 15) is 4.79 Å². The van der Waals surface area contributed by atoms with Gasteiger partial charge in [0.05, 0.1) is 0 Å². The van der Waals surface area contributed by atoms with Crippen molar-refractivity contribution in [1.29, 1.82) is 0 Å². The molecule has 0 aromatic heterocycles. The molecule has 0 saturated heterocycles. The summed E-state index contributed by atoms with van der Waals surface area (Å²) in [6, 6.07) is 7.77. The molecule has 0 N–H and O–H groups in total. The van der Waals surface area contributed by atoms with Crippen LogP contribution in [-0.4, -0.2) is 29.0 Å². The van der Waals surface area contributed by atoms with E-state index in [4.69, 9.17) is 11.6 Å². The minimum absolute atomic E-state index is 0.170. The Bertz CT molecular complexity index is 349. The number of rotatable bonds is 5. The number of carbonyl (C=O) groups is 1. The van der Waals surface area contributed by atoms with Gasteiger partial charge in [-0.25, -0.2) is 0 Å². The number of nitrogens with zero attached hydrogens (tertiary/aromatic N) is 1. The van der Waals surface area contributed by atoms with Gasteiger partial charge in [0, 0.05) is 23.9 Å². The third-order valence-corrected chi connectivity index (χ3v) is 3.72. The topological polar surface area (TPSA) is 20.3 Å². The number of thioether (sulfide) groups is 1. The molecule has 0 radical (unpaired) electrons. The standard InChI is InChI=1S/C13H18ClNOS/c1-3-15(4-2)13(16)17-10-9-11-5-7-12(14)8-6-11/h5-8H,3-4,9-10H2,1-2H3. The van der Waals surface area contributed by atoms with E-state index < -0.39 is 0 Å². The summed E-state index contributed by atoms with van der Waals surface area (Å²) in [6.07, 6.45) is 0.898. The maximum atomic E-state index is 11.7. The molecule has 0 aliphatic rings. The molecule has 1 aromatic rings. The smallest absolute Gasteiger partial charge is 0.281 e. The quantitative estimate of drug-likeness (QED) is 0.804. The zero-order valence-corrected chi connectivity index (χ0v) is 11.9. The van der Waals surface area contributed by atoms with E-state index in [0.29, 0.717) is 0 Å². The lowest BCUT2D eigenvalue weighted by Crippen LogP contribution is -2.27. The summed E-state index contributed by atoms with van der Waals surface area (Å²) < 4.78 is 0. The zero-order chi connectivity index (χ0) is 12.7. The number of hydrogen-bond acceptors (Lipinski definition) is 2. The lowest BCUT2D eigenvalue weighted by atomic mass is 10.2. The average Bonchev–Trinajstić information content (AvgIpc) is 2.33. The Kier molecular flexibility index (Phi) is 6.45. The summed E-state index contributed by atoms with van der Waals surface area (Å²) in [5.74, 6) is 0.816. The molecular formula is C13H18ClNOS. The van der Waals surface area contributed by atoms with Crippen molar-refractivity contribution in [3.05, 3.63) is 34.9 Å². The maximum absolute atomic E-state index is 11.7.